The van der Waals surface area contributed by atoms with Crippen molar-refractivity contribution in [2.45, 2.75) is 0 Å². The first-order valence-corrected chi connectivity index (χ1v) is 8.12. The molecule has 3 aromatic carbocycles. The summed E-state index contributed by atoms with van der Waals surface area (Å²) in [7, 11) is 0. The first kappa shape index (κ1) is 18.5. The first-order chi connectivity index (χ1) is 12.7. The van der Waals surface area contributed by atoms with Gasteiger partial charge in [0, 0.05) is 5.56 Å². The van der Waals surface area contributed by atoms with Crippen LogP contribution in [0.3, 0.4) is 0 Å². The van der Waals surface area contributed by atoms with Crippen LogP contribution in [0.4, 0.5) is 11.4 Å². The largest absolute Gasteiger partial charge is 0.478 e. The lowest BCUT2D eigenvalue weighted by molar-refractivity contribution is 0.0697. The molecule has 4 rings (SSSR count). The number of carbonyl (C=O) groups is 1. The maximum atomic E-state index is 11.7. The molecule has 0 bridgehead atoms. The Bertz CT molecular complexity index is 964. The van der Waals surface area contributed by atoms with Gasteiger partial charge in [0.2, 0.25) is 0 Å². The van der Waals surface area contributed by atoms with E-state index in [1.165, 1.54) is 0 Å². The molecule has 0 unspecified atom stereocenters. The summed E-state index contributed by atoms with van der Waals surface area (Å²) in [6.07, 6.45) is 0. The van der Waals surface area contributed by atoms with Crippen LogP contribution in [-0.2, 0) is 0 Å². The average molecular weight is 425 g/mol. The van der Waals surface area contributed by atoms with Crippen LogP contribution in [0, 0.1) is 0 Å². The zero-order valence-electron chi connectivity index (χ0n) is 14.2. The number of nitrogens with one attached hydrogen (secondary N) is 1. The molecule has 6 nitrogen and oxygen atoms in total. The number of aromatic carboxylic acids is 1. The van der Waals surface area contributed by atoms with Gasteiger partial charge in [0.05, 0.1) is 16.9 Å². The Morgan fingerprint density at radius 3 is 2.11 bits per heavy atom. The van der Waals surface area contributed by atoms with Crippen LogP contribution in [0.25, 0.3) is 0 Å². The van der Waals surface area contributed by atoms with Gasteiger partial charge < -0.3 is 5.11 Å². The van der Waals surface area contributed by atoms with E-state index in [9.17, 15) is 9.90 Å². The number of hydrogen-bond donors (Lipinski definition) is 2. The number of carboxylic acids is 1. The lowest BCUT2D eigenvalue weighted by atomic mass is 10.2. The second-order valence-corrected chi connectivity index (χ2v) is 5.69. The molecule has 0 fully saturated rings. The van der Waals surface area contributed by atoms with Gasteiger partial charge in [-0.05, 0) is 24.3 Å². The van der Waals surface area contributed by atoms with Crippen molar-refractivity contribution in [1.82, 2.24) is 5.43 Å². The van der Waals surface area contributed by atoms with E-state index in [-0.39, 0.29) is 22.5 Å². The Labute approximate surface area is 167 Å². The summed E-state index contributed by atoms with van der Waals surface area (Å²) in [5, 5.41) is 17.5. The van der Waals surface area contributed by atoms with Gasteiger partial charge in [0.25, 0.3) is 0 Å². The predicted molar refractivity (Wildman–Crippen MR) is 111 cm³/mol. The van der Waals surface area contributed by atoms with Gasteiger partial charge in [0.15, 0.2) is 5.84 Å². The van der Waals surface area contributed by atoms with Crippen LogP contribution in [0.5, 0.6) is 0 Å². The summed E-state index contributed by atoms with van der Waals surface area (Å²) < 4.78 is 0. The number of amidine groups is 1. The molecular formula is C20H17BrN4O2. The van der Waals surface area contributed by atoms with Crippen molar-refractivity contribution in [1.29, 1.82) is 0 Å². The van der Waals surface area contributed by atoms with Gasteiger partial charge in [-0.25, -0.2) is 4.79 Å². The lowest BCUT2D eigenvalue weighted by Gasteiger charge is -2.28. The fraction of sp³-hybridized carbons (Fsp3) is 0. The summed E-state index contributed by atoms with van der Waals surface area (Å²) in [6, 6.07) is 26.1. The molecule has 0 aromatic heterocycles. The molecule has 0 saturated heterocycles. The van der Waals surface area contributed by atoms with Crippen molar-refractivity contribution in [3.8, 4) is 0 Å². The Kier molecular flexibility index (Phi) is 5.42. The van der Waals surface area contributed by atoms with E-state index in [0.29, 0.717) is 11.5 Å². The number of benzene rings is 3. The summed E-state index contributed by atoms with van der Waals surface area (Å²) in [6.45, 7) is 0. The van der Waals surface area contributed by atoms with Crippen LogP contribution in [-0.4, -0.2) is 16.9 Å². The molecule has 1 aliphatic rings. The minimum Gasteiger partial charge on any atom is -0.478 e. The standard InChI is InChI=1S/C20H16N4O2.BrH/c25-20(26)17-13-7-8-14-18(17)24-22-19(15-9-3-1-4-10-15)21-23(24)16-11-5-2-6-12-16;/h1-14H,(H,21,22)(H,25,26);1H. The average Bonchev–Trinajstić information content (AvgIpc) is 3.14. The molecule has 0 spiro atoms. The Balaban J connectivity index is 0.00000210. The molecule has 0 saturated carbocycles. The van der Waals surface area contributed by atoms with E-state index in [1.807, 2.05) is 60.7 Å². The summed E-state index contributed by atoms with van der Waals surface area (Å²) in [5.74, 6) is -0.363. The van der Waals surface area contributed by atoms with Crippen LogP contribution < -0.4 is 15.7 Å². The highest BCUT2D eigenvalue weighted by Gasteiger charge is 2.29. The molecule has 3 aromatic rings. The number of hydrazone groups is 1. The Morgan fingerprint density at radius 1 is 0.852 bits per heavy atom. The van der Waals surface area contributed by atoms with Crippen LogP contribution in [0.15, 0.2) is 90.0 Å². The normalized spacial score (nSPS) is 12.8. The van der Waals surface area contributed by atoms with E-state index in [4.69, 9.17) is 0 Å². The maximum absolute atomic E-state index is 11.7. The van der Waals surface area contributed by atoms with Gasteiger partial charge in [-0.3, -0.25) is 5.43 Å². The van der Waals surface area contributed by atoms with Gasteiger partial charge >= 0.3 is 5.97 Å². The Hall–Kier alpha value is -3.32. The molecule has 0 atom stereocenters. The van der Waals surface area contributed by atoms with Crippen molar-refractivity contribution in [3.63, 3.8) is 0 Å². The van der Waals surface area contributed by atoms with Crippen LogP contribution in [0.1, 0.15) is 15.9 Å². The van der Waals surface area contributed by atoms with Crippen LogP contribution in [0.2, 0.25) is 0 Å². The smallest absolute Gasteiger partial charge is 0.337 e. The zero-order valence-corrected chi connectivity index (χ0v) is 15.9. The third kappa shape index (κ3) is 3.63. The molecule has 0 radical (unpaired) electrons. The third-order valence-electron chi connectivity index (χ3n) is 3.99. The van der Waals surface area contributed by atoms with E-state index >= 15 is 0 Å². The van der Waals surface area contributed by atoms with Gasteiger partial charge in [-0.15, -0.1) is 22.1 Å². The van der Waals surface area contributed by atoms with Crippen molar-refractivity contribution in [2.24, 2.45) is 5.10 Å². The summed E-state index contributed by atoms with van der Waals surface area (Å²) in [4.78, 5) is 11.7. The Morgan fingerprint density at radius 2 is 1.44 bits per heavy atom. The molecule has 27 heavy (non-hydrogen) atoms. The predicted octanol–water partition coefficient (Wildman–Crippen LogP) is 4.07. The number of hydrogen-bond acceptors (Lipinski definition) is 5. The van der Waals surface area contributed by atoms with Crippen LogP contribution >= 0.6 is 17.0 Å². The van der Waals surface area contributed by atoms with E-state index in [0.717, 1.165) is 11.3 Å². The molecule has 1 aliphatic heterocycles. The van der Waals surface area contributed by atoms with Crippen molar-refractivity contribution < 1.29 is 9.90 Å². The highest BCUT2D eigenvalue weighted by atomic mass is 79.9. The topological polar surface area (TPSA) is 68.2 Å². The van der Waals surface area contributed by atoms with Crippen molar-refractivity contribution in [3.05, 3.63) is 96.1 Å². The second-order valence-electron chi connectivity index (χ2n) is 5.69. The SMILES string of the molecule is Br.O=C(O)c1ccccc1N1NC(c2ccccc2)=NN1c1ccccc1. The van der Waals surface area contributed by atoms with E-state index in [1.54, 1.807) is 34.5 Å². The minimum atomic E-state index is -0.997. The molecular weight excluding hydrogens is 408 g/mol. The van der Waals surface area contributed by atoms with Crippen molar-refractivity contribution >= 4 is 40.2 Å². The second kappa shape index (κ2) is 7.92. The van der Waals surface area contributed by atoms with Gasteiger partial charge in [-0.1, -0.05) is 60.7 Å². The fourth-order valence-corrected chi connectivity index (χ4v) is 2.76. The monoisotopic (exact) mass is 424 g/mol. The van der Waals surface area contributed by atoms with Gasteiger partial charge in [-0.2, -0.15) is 10.2 Å². The number of nitrogens with zero attached hydrogens (tertiary/aromatic N) is 3. The summed E-state index contributed by atoms with van der Waals surface area (Å²) in [5.41, 5.74) is 5.62. The molecule has 0 aliphatic carbocycles. The van der Waals surface area contributed by atoms with Gasteiger partial charge in [0.1, 0.15) is 0 Å². The minimum absolute atomic E-state index is 0. The molecule has 1 heterocycles. The highest BCUT2D eigenvalue weighted by molar-refractivity contribution is 8.93. The van der Waals surface area contributed by atoms with Crippen molar-refractivity contribution in [2.75, 3.05) is 10.2 Å². The number of rotatable bonds is 4. The zero-order chi connectivity index (χ0) is 17.9. The van der Waals surface area contributed by atoms with E-state index < -0.39 is 5.97 Å². The lowest BCUT2D eigenvalue weighted by Crippen LogP contribution is -2.45. The fourth-order valence-electron chi connectivity index (χ4n) is 2.76. The number of para-hydroxylation sites is 2. The van der Waals surface area contributed by atoms with E-state index in [2.05, 4.69) is 10.5 Å². The molecule has 136 valence electrons. The maximum Gasteiger partial charge on any atom is 0.337 e. The first-order valence-electron chi connectivity index (χ1n) is 8.12. The third-order valence-corrected chi connectivity index (χ3v) is 3.99. The number of anilines is 2. The number of carboxylic acid groups (broad SMARTS) is 1. The molecule has 0 amide bonds. The molecule has 7 heteroatoms. The number of hydrazine groups is 2. The number of halogens is 1. The highest BCUT2D eigenvalue weighted by Crippen LogP contribution is 2.28. The summed E-state index contributed by atoms with van der Waals surface area (Å²) >= 11 is 0. The quantitative estimate of drug-likeness (QED) is 0.660. The molecule has 2 N–H and O–H groups in total.